The van der Waals surface area contributed by atoms with E-state index in [0.29, 0.717) is 11.1 Å². The lowest BCUT2D eigenvalue weighted by atomic mass is 9.82. The zero-order valence-electron chi connectivity index (χ0n) is 13.7. The third kappa shape index (κ3) is 3.81. The van der Waals surface area contributed by atoms with Crippen LogP contribution in [0.15, 0.2) is 60.7 Å². The molecule has 0 saturated heterocycles. The number of hydrogen-bond donors (Lipinski definition) is 2. The van der Waals surface area contributed by atoms with Gasteiger partial charge < -0.3 is 15.2 Å². The van der Waals surface area contributed by atoms with Gasteiger partial charge in [0.25, 0.3) is 5.91 Å². The van der Waals surface area contributed by atoms with Crippen LogP contribution in [0, 0.1) is 0 Å². The fraction of sp³-hybridized carbons (Fsp3) is 0.263. The van der Waals surface area contributed by atoms with E-state index in [9.17, 15) is 14.7 Å². The van der Waals surface area contributed by atoms with E-state index in [2.05, 4.69) is 5.32 Å². The van der Waals surface area contributed by atoms with E-state index < -0.39 is 17.5 Å². The number of rotatable bonds is 7. The summed E-state index contributed by atoms with van der Waals surface area (Å²) in [5.41, 5.74) is 0.132. The highest BCUT2D eigenvalue weighted by Crippen LogP contribution is 2.24. The summed E-state index contributed by atoms with van der Waals surface area (Å²) in [6.45, 7) is 1.56. The molecular formula is C19H21NO4. The van der Waals surface area contributed by atoms with Crippen LogP contribution in [0.1, 0.15) is 24.2 Å². The number of ether oxygens (including phenoxy) is 1. The van der Waals surface area contributed by atoms with E-state index in [-0.39, 0.29) is 12.5 Å². The Balaban J connectivity index is 2.14. The molecule has 1 unspecified atom stereocenters. The smallest absolute Gasteiger partial charge is 0.315 e. The molecule has 0 fully saturated rings. The van der Waals surface area contributed by atoms with Gasteiger partial charge in [0.1, 0.15) is 5.41 Å². The average molecular weight is 327 g/mol. The number of benzene rings is 2. The highest BCUT2D eigenvalue weighted by molar-refractivity contribution is 5.85. The zero-order valence-corrected chi connectivity index (χ0v) is 13.7. The maximum atomic E-state index is 12.4. The molecule has 0 aliphatic carbocycles. The molecule has 2 atom stereocenters. The molecule has 2 aromatic carbocycles. The number of amides is 1. The predicted molar refractivity (Wildman–Crippen MR) is 90.6 cm³/mol. The molecule has 24 heavy (non-hydrogen) atoms. The van der Waals surface area contributed by atoms with Crippen LogP contribution < -0.4 is 5.32 Å². The van der Waals surface area contributed by atoms with E-state index in [4.69, 9.17) is 4.74 Å². The first-order valence-electron chi connectivity index (χ1n) is 7.63. The number of carboxylic acid groups (broad SMARTS) is 1. The lowest BCUT2D eigenvalue weighted by molar-refractivity contribution is -0.143. The van der Waals surface area contributed by atoms with Gasteiger partial charge in [0.15, 0.2) is 6.10 Å². The number of hydrogen-bond acceptors (Lipinski definition) is 3. The summed E-state index contributed by atoms with van der Waals surface area (Å²) in [4.78, 5) is 24.2. The largest absolute Gasteiger partial charge is 0.481 e. The van der Waals surface area contributed by atoms with Crippen molar-refractivity contribution in [1.29, 1.82) is 0 Å². The Bertz CT molecular complexity index is 687. The third-order valence-corrected chi connectivity index (χ3v) is 4.08. The van der Waals surface area contributed by atoms with Gasteiger partial charge in [-0.1, -0.05) is 60.7 Å². The first-order chi connectivity index (χ1) is 11.5. The van der Waals surface area contributed by atoms with Crippen LogP contribution in [0.25, 0.3) is 0 Å². The Morgan fingerprint density at radius 2 is 1.62 bits per heavy atom. The minimum absolute atomic E-state index is 0.0299. The number of methoxy groups -OCH3 is 1. The molecule has 0 bridgehead atoms. The number of carbonyl (C=O) groups is 2. The summed E-state index contributed by atoms with van der Waals surface area (Å²) in [6, 6.07) is 17.9. The molecular weight excluding hydrogens is 306 g/mol. The minimum atomic E-state index is -1.22. The van der Waals surface area contributed by atoms with E-state index >= 15 is 0 Å². The molecule has 2 N–H and O–H groups in total. The minimum Gasteiger partial charge on any atom is -0.481 e. The van der Waals surface area contributed by atoms with Crippen molar-refractivity contribution in [3.8, 4) is 0 Å². The number of carbonyl (C=O) groups excluding carboxylic acids is 1. The molecule has 0 aliphatic heterocycles. The van der Waals surface area contributed by atoms with Gasteiger partial charge in [0.05, 0.1) is 0 Å². The van der Waals surface area contributed by atoms with Crippen LogP contribution in [-0.2, 0) is 19.7 Å². The zero-order chi connectivity index (χ0) is 17.6. The fourth-order valence-corrected chi connectivity index (χ4v) is 2.49. The predicted octanol–water partition coefficient (Wildman–Crippen LogP) is 2.53. The average Bonchev–Trinajstić information content (AvgIpc) is 2.62. The second-order valence-electron chi connectivity index (χ2n) is 5.75. The normalized spacial score (nSPS) is 14.4. The molecule has 5 heteroatoms. The lowest BCUT2D eigenvalue weighted by Gasteiger charge is -2.26. The molecule has 0 aliphatic rings. The van der Waals surface area contributed by atoms with Gasteiger partial charge in [0, 0.05) is 13.7 Å². The summed E-state index contributed by atoms with van der Waals surface area (Å²) in [5.74, 6) is -1.37. The lowest BCUT2D eigenvalue weighted by Crippen LogP contribution is -2.45. The van der Waals surface area contributed by atoms with Crippen molar-refractivity contribution in [2.24, 2.45) is 0 Å². The second kappa shape index (κ2) is 7.75. The van der Waals surface area contributed by atoms with Crippen molar-refractivity contribution in [2.75, 3.05) is 13.7 Å². The fourth-order valence-electron chi connectivity index (χ4n) is 2.49. The molecule has 0 radical (unpaired) electrons. The SMILES string of the molecule is CO[C@@H](C(=O)NCC(C)(C(=O)O)c1ccccc1)c1ccccc1. The van der Waals surface area contributed by atoms with Crippen molar-refractivity contribution in [3.63, 3.8) is 0 Å². The molecule has 0 heterocycles. The molecule has 5 nitrogen and oxygen atoms in total. The van der Waals surface area contributed by atoms with Crippen LogP contribution in [0.3, 0.4) is 0 Å². The quantitative estimate of drug-likeness (QED) is 0.819. The summed E-state index contributed by atoms with van der Waals surface area (Å²) < 4.78 is 5.27. The second-order valence-corrected chi connectivity index (χ2v) is 5.75. The summed E-state index contributed by atoms with van der Waals surface area (Å²) >= 11 is 0. The molecule has 2 rings (SSSR count). The molecule has 0 spiro atoms. The van der Waals surface area contributed by atoms with Crippen LogP contribution in [0.4, 0.5) is 0 Å². The monoisotopic (exact) mass is 327 g/mol. The van der Waals surface area contributed by atoms with Crippen LogP contribution in [-0.4, -0.2) is 30.6 Å². The Morgan fingerprint density at radius 3 is 2.12 bits per heavy atom. The Hall–Kier alpha value is -2.66. The van der Waals surface area contributed by atoms with Crippen molar-refractivity contribution in [1.82, 2.24) is 5.32 Å². The van der Waals surface area contributed by atoms with Gasteiger partial charge in [-0.15, -0.1) is 0 Å². The standard InChI is InChI=1S/C19H21NO4/c1-19(18(22)23,15-11-7-4-8-12-15)13-20-17(21)16(24-2)14-9-5-3-6-10-14/h3-12,16H,13H2,1-2H3,(H,20,21)(H,22,23)/t16-,19?/m1/s1. The summed E-state index contributed by atoms with van der Waals surface area (Å²) in [5, 5.41) is 12.3. The van der Waals surface area contributed by atoms with Gasteiger partial charge in [-0.25, -0.2) is 0 Å². The van der Waals surface area contributed by atoms with Crippen molar-refractivity contribution in [3.05, 3.63) is 71.8 Å². The summed E-state index contributed by atoms with van der Waals surface area (Å²) in [7, 11) is 1.45. The number of aliphatic carboxylic acids is 1. The van der Waals surface area contributed by atoms with Gasteiger partial charge in [-0.05, 0) is 18.1 Å². The van der Waals surface area contributed by atoms with Crippen LogP contribution in [0.5, 0.6) is 0 Å². The Morgan fingerprint density at radius 1 is 1.08 bits per heavy atom. The maximum Gasteiger partial charge on any atom is 0.315 e. The highest BCUT2D eigenvalue weighted by atomic mass is 16.5. The number of nitrogens with one attached hydrogen (secondary N) is 1. The molecule has 126 valence electrons. The van der Waals surface area contributed by atoms with Gasteiger partial charge in [0.2, 0.25) is 0 Å². The highest BCUT2D eigenvalue weighted by Gasteiger charge is 2.36. The Labute approximate surface area is 141 Å². The maximum absolute atomic E-state index is 12.4. The van der Waals surface area contributed by atoms with Crippen LogP contribution >= 0.6 is 0 Å². The van der Waals surface area contributed by atoms with Gasteiger partial charge in [-0.3, -0.25) is 9.59 Å². The summed E-state index contributed by atoms with van der Waals surface area (Å²) in [6.07, 6.45) is -0.778. The van der Waals surface area contributed by atoms with E-state index in [1.165, 1.54) is 7.11 Å². The van der Waals surface area contributed by atoms with Gasteiger partial charge in [-0.2, -0.15) is 0 Å². The van der Waals surface area contributed by atoms with Crippen molar-refractivity contribution in [2.45, 2.75) is 18.4 Å². The van der Waals surface area contributed by atoms with Crippen molar-refractivity contribution < 1.29 is 19.4 Å². The Kier molecular flexibility index (Phi) is 5.71. The molecule has 0 saturated carbocycles. The van der Waals surface area contributed by atoms with Gasteiger partial charge >= 0.3 is 5.97 Å². The van der Waals surface area contributed by atoms with Crippen molar-refractivity contribution >= 4 is 11.9 Å². The topological polar surface area (TPSA) is 75.6 Å². The third-order valence-electron chi connectivity index (χ3n) is 4.08. The molecule has 1 amide bonds. The molecule has 0 aromatic heterocycles. The van der Waals surface area contributed by atoms with Crippen LogP contribution in [0.2, 0.25) is 0 Å². The number of carboxylic acids is 1. The van der Waals surface area contributed by atoms with E-state index in [1.54, 1.807) is 43.3 Å². The van der Waals surface area contributed by atoms with E-state index in [1.807, 2.05) is 24.3 Å². The first-order valence-corrected chi connectivity index (χ1v) is 7.63. The molecule has 2 aromatic rings. The first kappa shape index (κ1) is 17.7. The van der Waals surface area contributed by atoms with E-state index in [0.717, 1.165) is 0 Å².